The van der Waals surface area contributed by atoms with Gasteiger partial charge in [-0.1, -0.05) is 43.8 Å². The molecule has 2 heterocycles. The second kappa shape index (κ2) is 11.9. The molecule has 0 bridgehead atoms. The molecule has 2 amide bonds. The van der Waals surface area contributed by atoms with Gasteiger partial charge in [0.05, 0.1) is 24.5 Å². The van der Waals surface area contributed by atoms with Crippen molar-refractivity contribution in [2.75, 3.05) is 6.61 Å². The summed E-state index contributed by atoms with van der Waals surface area (Å²) in [6.07, 6.45) is 9.27. The molecule has 4 atom stereocenters. The molecule has 0 spiro atoms. The molecule has 4 rings (SSSR count). The number of likely N-dealkylation sites (tertiary alicyclic amines) is 1. The van der Waals surface area contributed by atoms with Gasteiger partial charge < -0.3 is 19.7 Å². The minimum Gasteiger partial charge on any atom is -0.459 e. The second-order valence-corrected chi connectivity index (χ2v) is 10.8. The first kappa shape index (κ1) is 26.8. The fourth-order valence-electron chi connectivity index (χ4n) is 6.61. The van der Waals surface area contributed by atoms with Crippen molar-refractivity contribution in [3.8, 4) is 0 Å². The van der Waals surface area contributed by atoms with Crippen molar-refractivity contribution >= 4 is 17.9 Å². The zero-order chi connectivity index (χ0) is 25.8. The highest BCUT2D eigenvalue weighted by molar-refractivity contribution is 6.06. The van der Waals surface area contributed by atoms with Crippen molar-refractivity contribution in [2.24, 2.45) is 17.8 Å². The highest BCUT2D eigenvalue weighted by atomic mass is 16.4. The summed E-state index contributed by atoms with van der Waals surface area (Å²) in [6.45, 7) is 3.65. The lowest BCUT2D eigenvalue weighted by atomic mass is 9.67. The Hall–Kier alpha value is -2.22. The van der Waals surface area contributed by atoms with E-state index in [2.05, 4.69) is 6.92 Å². The Labute approximate surface area is 213 Å². The Bertz CT molecular complexity index is 1000. The summed E-state index contributed by atoms with van der Waals surface area (Å²) in [6, 6.07) is 3.51. The summed E-state index contributed by atoms with van der Waals surface area (Å²) in [5.41, 5.74) is 2.84. The van der Waals surface area contributed by atoms with Crippen LogP contribution in [-0.4, -0.2) is 50.8 Å². The number of aliphatic hydroxyl groups excluding tert-OH is 3. The van der Waals surface area contributed by atoms with Gasteiger partial charge in [0, 0.05) is 12.0 Å². The Morgan fingerprint density at radius 3 is 2.56 bits per heavy atom. The first-order valence-electron chi connectivity index (χ1n) is 13.6. The number of rotatable bonds is 10. The quantitative estimate of drug-likeness (QED) is 0.326. The van der Waals surface area contributed by atoms with Crippen LogP contribution in [0.4, 0.5) is 0 Å². The van der Waals surface area contributed by atoms with Gasteiger partial charge in [-0.05, 0) is 69.2 Å². The second-order valence-electron chi connectivity index (χ2n) is 10.8. The maximum atomic E-state index is 13.6. The number of nitrogens with zero attached hydrogens (tertiary/aromatic N) is 1. The number of hydrogen-bond donors (Lipinski definition) is 3. The molecule has 0 radical (unpaired) electrons. The number of aliphatic hydroxyl groups is 3. The molecule has 36 heavy (non-hydrogen) atoms. The van der Waals surface area contributed by atoms with E-state index in [4.69, 9.17) is 4.42 Å². The average Bonchev–Trinajstić information content (AvgIpc) is 3.44. The summed E-state index contributed by atoms with van der Waals surface area (Å²) in [5, 5.41) is 31.0. The topological polar surface area (TPSA) is 111 Å². The Morgan fingerprint density at radius 2 is 1.92 bits per heavy atom. The number of carbonyl (C=O) groups excluding carboxylic acids is 2. The first-order valence-corrected chi connectivity index (χ1v) is 13.6. The zero-order valence-electron chi connectivity index (χ0n) is 21.6. The van der Waals surface area contributed by atoms with Gasteiger partial charge in [0.15, 0.2) is 0 Å². The number of furan rings is 1. The molecule has 1 saturated carbocycles. The molecule has 7 heteroatoms. The van der Waals surface area contributed by atoms with Crippen LogP contribution in [0.3, 0.4) is 0 Å². The van der Waals surface area contributed by atoms with Gasteiger partial charge in [-0.25, -0.2) is 0 Å². The minimum atomic E-state index is -0.788. The van der Waals surface area contributed by atoms with E-state index in [1.807, 2.05) is 13.0 Å². The first-order chi connectivity index (χ1) is 17.4. The van der Waals surface area contributed by atoms with Crippen LogP contribution < -0.4 is 0 Å². The van der Waals surface area contributed by atoms with E-state index in [9.17, 15) is 24.9 Å². The molecular formula is C29H41NO6. The van der Waals surface area contributed by atoms with E-state index in [1.54, 1.807) is 12.1 Å². The smallest absolute Gasteiger partial charge is 0.234 e. The Balaban J connectivity index is 1.53. The third kappa shape index (κ3) is 5.38. The average molecular weight is 500 g/mol. The largest absolute Gasteiger partial charge is 0.459 e. The van der Waals surface area contributed by atoms with Gasteiger partial charge in [0.2, 0.25) is 11.8 Å². The van der Waals surface area contributed by atoms with E-state index in [0.717, 1.165) is 61.7 Å². The summed E-state index contributed by atoms with van der Waals surface area (Å²) < 4.78 is 5.53. The molecule has 7 nitrogen and oxygen atoms in total. The van der Waals surface area contributed by atoms with E-state index in [1.165, 1.54) is 4.90 Å². The standard InChI is InChI=1S/C29H41NO6/c1-3-7-19-15-23-27(29(35)30(28(23)34)20-8-5-4-6-9-20)24(17-32)26(19)25(33)13-10-18(2)14-21-11-12-22(16-31)36-21/h11-12,14,20,23-25,27,31-33H,3-10,13,15-17H2,1-2H3/b18-14+/t23-,24+,25-,27-/m1/s1. The fourth-order valence-corrected chi connectivity index (χ4v) is 6.61. The zero-order valence-corrected chi connectivity index (χ0v) is 21.6. The molecule has 3 N–H and O–H groups in total. The summed E-state index contributed by atoms with van der Waals surface area (Å²) in [5.74, 6) is -0.581. The van der Waals surface area contributed by atoms with Crippen LogP contribution in [0, 0.1) is 17.8 Å². The van der Waals surface area contributed by atoms with Crippen molar-refractivity contribution in [1.82, 2.24) is 4.90 Å². The minimum absolute atomic E-state index is 0.0209. The molecule has 0 unspecified atom stereocenters. The molecule has 1 saturated heterocycles. The normalized spacial score (nSPS) is 26.6. The number of amides is 2. The number of imide groups is 1. The van der Waals surface area contributed by atoms with Crippen LogP contribution in [0.25, 0.3) is 6.08 Å². The third-order valence-electron chi connectivity index (χ3n) is 8.30. The van der Waals surface area contributed by atoms with Crippen LogP contribution >= 0.6 is 0 Å². The summed E-state index contributed by atoms with van der Waals surface area (Å²) >= 11 is 0. The van der Waals surface area contributed by atoms with Crippen LogP contribution in [-0.2, 0) is 16.2 Å². The molecule has 0 aromatic carbocycles. The molecule has 1 aromatic heterocycles. The van der Waals surface area contributed by atoms with Crippen molar-refractivity contribution < 1.29 is 29.3 Å². The lowest BCUT2D eigenvalue weighted by molar-refractivity contribution is -0.143. The number of carbonyl (C=O) groups is 2. The van der Waals surface area contributed by atoms with E-state index in [-0.39, 0.29) is 31.1 Å². The van der Waals surface area contributed by atoms with Gasteiger partial charge in [-0.3, -0.25) is 14.5 Å². The van der Waals surface area contributed by atoms with Gasteiger partial charge in [0.25, 0.3) is 0 Å². The fraction of sp³-hybridized carbons (Fsp3) is 0.655. The Kier molecular flexibility index (Phi) is 8.86. The molecule has 1 aromatic rings. The maximum Gasteiger partial charge on any atom is 0.234 e. The lowest BCUT2D eigenvalue weighted by Gasteiger charge is -2.36. The van der Waals surface area contributed by atoms with Crippen molar-refractivity contribution in [3.05, 3.63) is 40.4 Å². The molecule has 3 aliphatic rings. The Morgan fingerprint density at radius 1 is 1.17 bits per heavy atom. The summed E-state index contributed by atoms with van der Waals surface area (Å²) in [4.78, 5) is 28.6. The van der Waals surface area contributed by atoms with Crippen LogP contribution in [0.5, 0.6) is 0 Å². The van der Waals surface area contributed by atoms with E-state index < -0.39 is 23.9 Å². The van der Waals surface area contributed by atoms with Gasteiger partial charge >= 0.3 is 0 Å². The number of hydrogen-bond acceptors (Lipinski definition) is 6. The molecule has 1 aliphatic heterocycles. The maximum absolute atomic E-state index is 13.6. The SMILES string of the molecule is CCCC1=C([C@H](O)CC/C(C)=C/c2ccc(CO)o2)[C@H](CO)[C@@H]2C(=O)N(C3CCCCC3)C(=O)[C@@H]2C1. The predicted octanol–water partition coefficient (Wildman–Crippen LogP) is 4.36. The highest BCUT2D eigenvalue weighted by Gasteiger charge is 2.56. The monoisotopic (exact) mass is 499 g/mol. The highest BCUT2D eigenvalue weighted by Crippen LogP contribution is 2.48. The van der Waals surface area contributed by atoms with E-state index in [0.29, 0.717) is 30.8 Å². The van der Waals surface area contributed by atoms with Crippen LogP contribution in [0.2, 0.25) is 0 Å². The van der Waals surface area contributed by atoms with Gasteiger partial charge in [-0.2, -0.15) is 0 Å². The number of fused-ring (bicyclic) bond motifs is 1. The van der Waals surface area contributed by atoms with Gasteiger partial charge in [-0.15, -0.1) is 0 Å². The van der Waals surface area contributed by atoms with Crippen LogP contribution in [0.15, 0.2) is 33.3 Å². The molecule has 2 fully saturated rings. The molecule has 2 aliphatic carbocycles. The summed E-state index contributed by atoms with van der Waals surface area (Å²) in [7, 11) is 0. The lowest BCUT2D eigenvalue weighted by Crippen LogP contribution is -2.42. The van der Waals surface area contributed by atoms with E-state index >= 15 is 0 Å². The number of allylic oxidation sites excluding steroid dienone is 2. The molecular weight excluding hydrogens is 458 g/mol. The van der Waals surface area contributed by atoms with Crippen molar-refractivity contribution in [3.63, 3.8) is 0 Å². The third-order valence-corrected chi connectivity index (χ3v) is 8.30. The van der Waals surface area contributed by atoms with Crippen molar-refractivity contribution in [2.45, 2.75) is 96.8 Å². The predicted molar refractivity (Wildman–Crippen MR) is 136 cm³/mol. The molecule has 198 valence electrons. The van der Waals surface area contributed by atoms with Crippen molar-refractivity contribution in [1.29, 1.82) is 0 Å². The van der Waals surface area contributed by atoms with Crippen LogP contribution in [0.1, 0.15) is 89.6 Å². The van der Waals surface area contributed by atoms with Gasteiger partial charge in [0.1, 0.15) is 18.1 Å².